The van der Waals surface area contributed by atoms with Crippen LogP contribution < -0.4 is 0 Å². The molecule has 0 bridgehead atoms. The number of carboxylic acids is 1. The predicted molar refractivity (Wildman–Crippen MR) is 49.5 cm³/mol. The molecule has 0 amide bonds. The number of thiazole rings is 1. The second-order valence-corrected chi connectivity index (χ2v) is 4.02. The molecule has 0 saturated carbocycles. The van der Waals surface area contributed by atoms with Gasteiger partial charge in [0, 0.05) is 0 Å². The Morgan fingerprint density at radius 2 is 2.19 bits per heavy atom. The maximum atomic E-state index is 11.7. The molecule has 16 heavy (non-hydrogen) atoms. The highest BCUT2D eigenvalue weighted by molar-refractivity contribution is 7.13. The van der Waals surface area contributed by atoms with Gasteiger partial charge in [-0.05, 0) is 6.92 Å². The van der Waals surface area contributed by atoms with Crippen molar-refractivity contribution in [1.82, 2.24) is 4.98 Å². The molecule has 1 N–H and O–H groups in total. The van der Waals surface area contributed by atoms with E-state index < -0.39 is 18.8 Å². The molecule has 0 aliphatic rings. The van der Waals surface area contributed by atoms with Crippen molar-refractivity contribution in [2.24, 2.45) is 0 Å². The van der Waals surface area contributed by atoms with E-state index in [0.29, 0.717) is 0 Å². The summed E-state index contributed by atoms with van der Waals surface area (Å²) in [6.45, 7) is -0.223. The molecular weight excluding hydrogens is 247 g/mol. The van der Waals surface area contributed by atoms with E-state index in [9.17, 15) is 18.0 Å². The van der Waals surface area contributed by atoms with Gasteiger partial charge in [0.25, 0.3) is 0 Å². The highest BCUT2D eigenvalue weighted by atomic mass is 32.1. The third kappa shape index (κ3) is 3.78. The molecule has 1 rings (SSSR count). The van der Waals surface area contributed by atoms with E-state index in [1.54, 1.807) is 0 Å². The Labute approximate surface area is 92.7 Å². The number of aryl methyl sites for hydroxylation is 1. The van der Waals surface area contributed by atoms with Crippen LogP contribution in [0.1, 0.15) is 20.4 Å². The smallest absolute Gasteiger partial charge is 0.411 e. The highest BCUT2D eigenvalue weighted by Crippen LogP contribution is 2.20. The normalized spacial score (nSPS) is 11.8. The molecule has 0 aromatic carbocycles. The maximum Gasteiger partial charge on any atom is 0.411 e. The van der Waals surface area contributed by atoms with Crippen molar-refractivity contribution in [1.29, 1.82) is 0 Å². The molecule has 0 radical (unpaired) electrons. The molecule has 0 aliphatic heterocycles. The minimum absolute atomic E-state index is 0.0191. The van der Waals surface area contributed by atoms with Gasteiger partial charge in [0.1, 0.15) is 16.5 Å². The number of carboxylic acid groups (broad SMARTS) is 1. The summed E-state index contributed by atoms with van der Waals surface area (Å²) < 4.78 is 39.6. The number of ether oxygens (including phenoxy) is 1. The molecule has 0 fully saturated rings. The first-order valence-electron chi connectivity index (χ1n) is 4.13. The van der Waals surface area contributed by atoms with Gasteiger partial charge < -0.3 is 9.84 Å². The Kier molecular flexibility index (Phi) is 3.87. The van der Waals surface area contributed by atoms with Gasteiger partial charge in [-0.2, -0.15) is 13.2 Å². The van der Waals surface area contributed by atoms with Gasteiger partial charge >= 0.3 is 12.1 Å². The quantitative estimate of drug-likeness (QED) is 0.896. The van der Waals surface area contributed by atoms with Crippen LogP contribution in [0.2, 0.25) is 0 Å². The first-order chi connectivity index (χ1) is 7.29. The molecule has 90 valence electrons. The van der Waals surface area contributed by atoms with Crippen LogP contribution in [0.25, 0.3) is 0 Å². The van der Waals surface area contributed by atoms with Crippen LogP contribution in [-0.4, -0.2) is 28.8 Å². The second kappa shape index (κ2) is 4.79. The van der Waals surface area contributed by atoms with Gasteiger partial charge in [0.05, 0.1) is 12.3 Å². The first kappa shape index (κ1) is 12.9. The number of hydrogen-bond donors (Lipinski definition) is 1. The van der Waals surface area contributed by atoms with Crippen molar-refractivity contribution in [3.63, 3.8) is 0 Å². The largest absolute Gasteiger partial charge is 0.477 e. The summed E-state index contributed by atoms with van der Waals surface area (Å²) in [6.07, 6.45) is -4.39. The van der Waals surface area contributed by atoms with Crippen molar-refractivity contribution >= 4 is 17.3 Å². The van der Waals surface area contributed by atoms with E-state index in [-0.39, 0.29) is 22.2 Å². The highest BCUT2D eigenvalue weighted by Gasteiger charge is 2.27. The van der Waals surface area contributed by atoms with E-state index in [1.807, 2.05) is 0 Å². The maximum absolute atomic E-state index is 11.7. The van der Waals surface area contributed by atoms with Crippen molar-refractivity contribution in [3.8, 4) is 0 Å². The average Bonchev–Trinajstić information content (AvgIpc) is 2.44. The molecule has 1 aromatic heterocycles. The summed E-state index contributed by atoms with van der Waals surface area (Å²) in [6, 6.07) is 0. The lowest BCUT2D eigenvalue weighted by Crippen LogP contribution is -2.16. The Hall–Kier alpha value is -1.15. The minimum atomic E-state index is -4.39. The monoisotopic (exact) mass is 255 g/mol. The Balaban J connectivity index is 2.56. The van der Waals surface area contributed by atoms with E-state index in [1.165, 1.54) is 6.92 Å². The molecule has 0 aliphatic carbocycles. The number of carbonyl (C=O) groups is 1. The molecule has 0 atom stereocenters. The fourth-order valence-corrected chi connectivity index (χ4v) is 1.81. The van der Waals surface area contributed by atoms with Gasteiger partial charge in [-0.15, -0.1) is 11.3 Å². The lowest BCUT2D eigenvalue weighted by atomic mass is 10.4. The minimum Gasteiger partial charge on any atom is -0.477 e. The van der Waals surface area contributed by atoms with E-state index in [2.05, 4.69) is 9.72 Å². The van der Waals surface area contributed by atoms with Gasteiger partial charge in [-0.25, -0.2) is 9.78 Å². The van der Waals surface area contributed by atoms with E-state index in [4.69, 9.17) is 5.11 Å². The number of halogens is 3. The van der Waals surface area contributed by atoms with Crippen molar-refractivity contribution in [2.45, 2.75) is 19.7 Å². The molecule has 1 aromatic rings. The fraction of sp³-hybridized carbons (Fsp3) is 0.500. The zero-order valence-corrected chi connectivity index (χ0v) is 8.98. The molecule has 0 unspecified atom stereocenters. The lowest BCUT2D eigenvalue weighted by Gasteiger charge is -2.05. The Bertz CT molecular complexity index is 388. The molecule has 0 spiro atoms. The van der Waals surface area contributed by atoms with E-state index in [0.717, 1.165) is 11.3 Å². The van der Waals surface area contributed by atoms with Crippen LogP contribution in [0, 0.1) is 6.92 Å². The van der Waals surface area contributed by atoms with Crippen LogP contribution in [0.3, 0.4) is 0 Å². The van der Waals surface area contributed by atoms with Crippen LogP contribution >= 0.6 is 11.3 Å². The second-order valence-electron chi connectivity index (χ2n) is 2.94. The number of nitrogens with zero attached hydrogens (tertiary/aromatic N) is 1. The lowest BCUT2D eigenvalue weighted by molar-refractivity contribution is -0.176. The molecular formula is C8H8F3NO3S. The average molecular weight is 255 g/mol. The SMILES string of the molecule is Cc1nc(COCC(F)(F)F)sc1C(=O)O. The zero-order valence-electron chi connectivity index (χ0n) is 8.17. The summed E-state index contributed by atoms with van der Waals surface area (Å²) in [7, 11) is 0. The van der Waals surface area contributed by atoms with Crippen molar-refractivity contribution in [2.75, 3.05) is 6.61 Å². The summed E-state index contributed by atoms with van der Waals surface area (Å²) in [5, 5.41) is 8.90. The molecule has 0 saturated heterocycles. The first-order valence-corrected chi connectivity index (χ1v) is 4.95. The Morgan fingerprint density at radius 3 is 2.62 bits per heavy atom. The standard InChI is InChI=1S/C8H8F3NO3S/c1-4-6(7(13)14)16-5(12-4)2-15-3-8(9,10)11/h2-3H2,1H3,(H,13,14). The number of aromatic carboxylic acids is 1. The van der Waals surface area contributed by atoms with Crippen LogP contribution in [0.5, 0.6) is 0 Å². The van der Waals surface area contributed by atoms with Gasteiger partial charge in [-0.3, -0.25) is 0 Å². The van der Waals surface area contributed by atoms with Crippen LogP contribution in [0.15, 0.2) is 0 Å². The van der Waals surface area contributed by atoms with E-state index >= 15 is 0 Å². The molecule has 4 nitrogen and oxygen atoms in total. The Morgan fingerprint density at radius 1 is 1.56 bits per heavy atom. The summed E-state index contributed by atoms with van der Waals surface area (Å²) >= 11 is 0.815. The fourth-order valence-electron chi connectivity index (χ4n) is 0.967. The van der Waals surface area contributed by atoms with Crippen molar-refractivity contribution < 1.29 is 27.8 Å². The number of alkyl halides is 3. The molecule has 8 heteroatoms. The van der Waals surface area contributed by atoms with Gasteiger partial charge in [-0.1, -0.05) is 0 Å². The summed E-state index contributed by atoms with van der Waals surface area (Å²) in [5.41, 5.74) is 0.281. The van der Waals surface area contributed by atoms with Crippen molar-refractivity contribution in [3.05, 3.63) is 15.6 Å². The third-order valence-corrected chi connectivity index (χ3v) is 2.65. The molecule has 1 heterocycles. The van der Waals surface area contributed by atoms with Crippen LogP contribution in [-0.2, 0) is 11.3 Å². The summed E-state index contributed by atoms with van der Waals surface area (Å²) in [4.78, 5) is 14.4. The summed E-state index contributed by atoms with van der Waals surface area (Å²) in [5.74, 6) is -1.14. The third-order valence-electron chi connectivity index (χ3n) is 1.53. The van der Waals surface area contributed by atoms with Gasteiger partial charge in [0.2, 0.25) is 0 Å². The van der Waals surface area contributed by atoms with Crippen LogP contribution in [0.4, 0.5) is 13.2 Å². The number of aromatic nitrogens is 1. The zero-order chi connectivity index (χ0) is 12.3. The number of rotatable bonds is 4. The predicted octanol–water partition coefficient (Wildman–Crippen LogP) is 2.23. The number of hydrogen-bond acceptors (Lipinski definition) is 4. The topological polar surface area (TPSA) is 59.4 Å². The van der Waals surface area contributed by atoms with Gasteiger partial charge in [0.15, 0.2) is 0 Å².